The van der Waals surface area contributed by atoms with Crippen molar-refractivity contribution in [2.45, 2.75) is 32.6 Å². The zero-order chi connectivity index (χ0) is 24.4. The molecule has 0 radical (unpaired) electrons. The van der Waals surface area contributed by atoms with Gasteiger partial charge in [-0.2, -0.15) is 4.98 Å². The Morgan fingerprint density at radius 1 is 0.971 bits per heavy atom. The maximum Gasteiger partial charge on any atom is 0.228 e. The quantitative estimate of drug-likeness (QED) is 0.653. The average molecular weight is 479 g/mol. The number of hydrogen-bond acceptors (Lipinski definition) is 7. The van der Waals surface area contributed by atoms with Gasteiger partial charge in [0.2, 0.25) is 17.8 Å². The molecule has 1 unspecified atom stereocenters. The molecule has 2 aromatic rings. The summed E-state index contributed by atoms with van der Waals surface area (Å²) in [5.74, 6) is 2.17. The number of piperazine rings is 1. The maximum atomic E-state index is 13.3. The molecule has 0 N–H and O–H groups in total. The number of anilines is 3. The van der Waals surface area contributed by atoms with Crippen LogP contribution in [0.1, 0.15) is 31.4 Å². The van der Waals surface area contributed by atoms with Gasteiger partial charge in [-0.1, -0.05) is 6.07 Å². The fourth-order valence-corrected chi connectivity index (χ4v) is 5.25. The van der Waals surface area contributed by atoms with Gasteiger partial charge >= 0.3 is 0 Å². The molecule has 9 heteroatoms. The standard InChI is InChI=1S/C26H34N6O3/c1-19-15-23(29-9-4-3-5-10-29)28-26(27-19)31-13-11-30(12-14-31)25(34)20-16-24(33)32(18-20)21-7-6-8-22(17-21)35-2/h6-8,15,17,20H,3-5,9-14,16,18H2,1-2H3. The summed E-state index contributed by atoms with van der Waals surface area (Å²) in [6.07, 6.45) is 3.94. The Morgan fingerprint density at radius 3 is 2.49 bits per heavy atom. The molecule has 0 bridgehead atoms. The minimum absolute atomic E-state index is 0.0198. The van der Waals surface area contributed by atoms with E-state index >= 15 is 0 Å². The molecular formula is C26H34N6O3. The van der Waals surface area contributed by atoms with E-state index in [9.17, 15) is 9.59 Å². The van der Waals surface area contributed by atoms with Gasteiger partial charge in [-0.3, -0.25) is 9.59 Å². The maximum absolute atomic E-state index is 13.3. The molecule has 3 fully saturated rings. The van der Waals surface area contributed by atoms with E-state index in [-0.39, 0.29) is 24.2 Å². The number of aryl methyl sites for hydroxylation is 1. The van der Waals surface area contributed by atoms with Gasteiger partial charge in [0.25, 0.3) is 0 Å². The summed E-state index contributed by atoms with van der Waals surface area (Å²) in [5.41, 5.74) is 1.74. The summed E-state index contributed by atoms with van der Waals surface area (Å²) in [4.78, 5) is 43.6. The number of benzene rings is 1. The van der Waals surface area contributed by atoms with Crippen molar-refractivity contribution in [3.05, 3.63) is 36.0 Å². The summed E-state index contributed by atoms with van der Waals surface area (Å²) in [6, 6.07) is 9.49. The molecule has 9 nitrogen and oxygen atoms in total. The third-order valence-electron chi connectivity index (χ3n) is 7.22. The van der Waals surface area contributed by atoms with Gasteiger partial charge in [0.15, 0.2) is 0 Å². The molecule has 0 spiro atoms. The number of aromatic nitrogens is 2. The van der Waals surface area contributed by atoms with E-state index in [0.29, 0.717) is 38.5 Å². The molecule has 3 aliphatic rings. The Hall–Kier alpha value is -3.36. The summed E-state index contributed by atoms with van der Waals surface area (Å²) < 4.78 is 5.28. The highest BCUT2D eigenvalue weighted by Crippen LogP contribution is 2.29. The predicted molar refractivity (Wildman–Crippen MR) is 135 cm³/mol. The molecule has 3 saturated heterocycles. The Kier molecular flexibility index (Phi) is 6.74. The van der Waals surface area contributed by atoms with Crippen LogP contribution in [0.4, 0.5) is 17.5 Å². The van der Waals surface area contributed by atoms with E-state index in [1.54, 1.807) is 12.0 Å². The number of amides is 2. The van der Waals surface area contributed by atoms with E-state index in [1.165, 1.54) is 19.3 Å². The molecule has 186 valence electrons. The number of carbonyl (C=O) groups is 2. The molecule has 35 heavy (non-hydrogen) atoms. The second kappa shape index (κ2) is 10.1. The zero-order valence-corrected chi connectivity index (χ0v) is 20.7. The van der Waals surface area contributed by atoms with Crippen LogP contribution in [0.5, 0.6) is 5.75 Å². The van der Waals surface area contributed by atoms with Crippen molar-refractivity contribution in [3.63, 3.8) is 0 Å². The van der Waals surface area contributed by atoms with Gasteiger partial charge in [0, 0.05) is 75.7 Å². The van der Waals surface area contributed by atoms with Gasteiger partial charge in [-0.05, 0) is 38.3 Å². The SMILES string of the molecule is COc1cccc(N2CC(C(=O)N3CCN(c4nc(C)cc(N5CCCCC5)n4)CC3)CC2=O)c1. The highest BCUT2D eigenvalue weighted by atomic mass is 16.5. The van der Waals surface area contributed by atoms with Gasteiger partial charge in [0.1, 0.15) is 11.6 Å². The van der Waals surface area contributed by atoms with Crippen LogP contribution in [-0.4, -0.2) is 79.6 Å². The van der Waals surface area contributed by atoms with E-state index < -0.39 is 0 Å². The van der Waals surface area contributed by atoms with Crippen LogP contribution in [0.25, 0.3) is 0 Å². The van der Waals surface area contributed by atoms with Crippen LogP contribution in [0.15, 0.2) is 30.3 Å². The van der Waals surface area contributed by atoms with Crippen LogP contribution >= 0.6 is 0 Å². The van der Waals surface area contributed by atoms with Gasteiger partial charge < -0.3 is 24.3 Å². The second-order valence-electron chi connectivity index (χ2n) is 9.63. The molecule has 3 aliphatic heterocycles. The number of rotatable bonds is 5. The Bertz CT molecular complexity index is 1080. The topological polar surface area (TPSA) is 82.1 Å². The predicted octanol–water partition coefficient (Wildman–Crippen LogP) is 2.49. The zero-order valence-electron chi connectivity index (χ0n) is 20.7. The van der Waals surface area contributed by atoms with Crippen LogP contribution < -0.4 is 19.4 Å². The molecule has 2 amide bonds. The Labute approximate surface area is 206 Å². The van der Waals surface area contributed by atoms with E-state index in [4.69, 9.17) is 14.7 Å². The molecule has 5 rings (SSSR count). The largest absolute Gasteiger partial charge is 0.497 e. The average Bonchev–Trinajstić information content (AvgIpc) is 3.30. The molecule has 0 saturated carbocycles. The fraction of sp³-hybridized carbons (Fsp3) is 0.538. The van der Waals surface area contributed by atoms with Crippen LogP contribution in [0.3, 0.4) is 0 Å². The van der Waals surface area contributed by atoms with Crippen molar-refractivity contribution in [1.82, 2.24) is 14.9 Å². The minimum Gasteiger partial charge on any atom is -0.497 e. The lowest BCUT2D eigenvalue weighted by Gasteiger charge is -2.36. The third kappa shape index (κ3) is 5.04. The molecule has 0 aliphatic carbocycles. The first kappa shape index (κ1) is 23.4. The summed E-state index contributed by atoms with van der Waals surface area (Å²) in [6.45, 7) is 7.12. The van der Waals surface area contributed by atoms with Crippen molar-refractivity contribution in [2.24, 2.45) is 5.92 Å². The van der Waals surface area contributed by atoms with E-state index in [2.05, 4.69) is 15.9 Å². The number of piperidine rings is 1. The Balaban J connectivity index is 1.20. The van der Waals surface area contributed by atoms with Crippen LogP contribution in [0, 0.1) is 12.8 Å². The van der Waals surface area contributed by atoms with Crippen LogP contribution in [-0.2, 0) is 9.59 Å². The normalized spacial score (nSPS) is 21.0. The van der Waals surface area contributed by atoms with Crippen molar-refractivity contribution < 1.29 is 14.3 Å². The second-order valence-corrected chi connectivity index (χ2v) is 9.63. The minimum atomic E-state index is -0.318. The number of methoxy groups -OCH3 is 1. The highest BCUT2D eigenvalue weighted by Gasteiger charge is 2.38. The number of nitrogens with zero attached hydrogens (tertiary/aromatic N) is 6. The third-order valence-corrected chi connectivity index (χ3v) is 7.22. The lowest BCUT2D eigenvalue weighted by Crippen LogP contribution is -2.51. The first-order valence-corrected chi connectivity index (χ1v) is 12.6. The van der Waals surface area contributed by atoms with Crippen molar-refractivity contribution in [3.8, 4) is 5.75 Å². The number of carbonyl (C=O) groups excluding carboxylic acids is 2. The lowest BCUT2D eigenvalue weighted by atomic mass is 10.1. The molecular weight excluding hydrogens is 444 g/mol. The van der Waals surface area contributed by atoms with Gasteiger partial charge in [-0.25, -0.2) is 4.98 Å². The van der Waals surface area contributed by atoms with E-state index in [1.807, 2.05) is 36.1 Å². The smallest absolute Gasteiger partial charge is 0.228 e. The number of ether oxygens (including phenoxy) is 1. The molecule has 1 atom stereocenters. The summed E-state index contributed by atoms with van der Waals surface area (Å²) in [5, 5.41) is 0. The van der Waals surface area contributed by atoms with Gasteiger partial charge in [0.05, 0.1) is 13.0 Å². The molecule has 4 heterocycles. The lowest BCUT2D eigenvalue weighted by molar-refractivity contribution is -0.136. The summed E-state index contributed by atoms with van der Waals surface area (Å²) >= 11 is 0. The van der Waals surface area contributed by atoms with Crippen molar-refractivity contribution in [2.75, 3.05) is 67.6 Å². The van der Waals surface area contributed by atoms with Crippen LogP contribution in [0.2, 0.25) is 0 Å². The monoisotopic (exact) mass is 478 g/mol. The first-order chi connectivity index (χ1) is 17.0. The Morgan fingerprint density at radius 2 is 1.74 bits per heavy atom. The molecule has 1 aromatic heterocycles. The van der Waals surface area contributed by atoms with Crippen molar-refractivity contribution in [1.29, 1.82) is 0 Å². The summed E-state index contributed by atoms with van der Waals surface area (Å²) in [7, 11) is 1.60. The van der Waals surface area contributed by atoms with E-state index in [0.717, 1.165) is 36.2 Å². The fourth-order valence-electron chi connectivity index (χ4n) is 5.25. The first-order valence-electron chi connectivity index (χ1n) is 12.6. The highest BCUT2D eigenvalue weighted by molar-refractivity contribution is 6.00. The van der Waals surface area contributed by atoms with Crippen molar-refractivity contribution >= 4 is 29.3 Å². The number of hydrogen-bond donors (Lipinski definition) is 0. The molecule has 1 aromatic carbocycles. The van der Waals surface area contributed by atoms with Gasteiger partial charge in [-0.15, -0.1) is 0 Å².